The van der Waals surface area contributed by atoms with Crippen molar-refractivity contribution in [3.05, 3.63) is 6.92 Å². The molecular formula is C7H12N3O. The monoisotopic (exact) mass is 154 g/mol. The molecule has 1 aliphatic rings. The zero-order valence-electron chi connectivity index (χ0n) is 6.63. The molecule has 0 aromatic rings. The number of hydrogen-bond acceptors (Lipinski definition) is 2. The van der Waals surface area contributed by atoms with E-state index in [2.05, 4.69) is 6.92 Å². The molecule has 0 aromatic heterocycles. The van der Waals surface area contributed by atoms with Crippen LogP contribution in [0.4, 0.5) is 0 Å². The van der Waals surface area contributed by atoms with Gasteiger partial charge in [0.05, 0.1) is 12.4 Å². The van der Waals surface area contributed by atoms with Crippen molar-refractivity contribution in [2.45, 2.75) is 0 Å². The molecule has 0 atom stereocenters. The Balaban J connectivity index is 2.53. The van der Waals surface area contributed by atoms with Crippen molar-refractivity contribution in [3.8, 4) is 0 Å². The minimum atomic E-state index is 0.0599. The van der Waals surface area contributed by atoms with Gasteiger partial charge in [-0.3, -0.25) is 10.2 Å². The van der Waals surface area contributed by atoms with E-state index in [0.29, 0.717) is 13.1 Å². The van der Waals surface area contributed by atoms with Crippen LogP contribution in [0.5, 0.6) is 0 Å². The first-order valence-corrected chi connectivity index (χ1v) is 3.50. The maximum absolute atomic E-state index is 11.1. The zero-order chi connectivity index (χ0) is 8.43. The van der Waals surface area contributed by atoms with E-state index in [0.717, 1.165) is 6.54 Å². The van der Waals surface area contributed by atoms with Crippen LogP contribution in [-0.4, -0.2) is 48.2 Å². The maximum Gasteiger partial charge on any atom is 0.241 e. The summed E-state index contributed by atoms with van der Waals surface area (Å²) >= 11 is 0. The van der Waals surface area contributed by atoms with Gasteiger partial charge < -0.3 is 9.80 Å². The van der Waals surface area contributed by atoms with Crippen LogP contribution in [0, 0.1) is 12.3 Å². The standard InChI is InChI=1S/C7H12N3O/c1-6(8)10-4-3-9(2)7(11)5-10/h8H,1,3-5H2,2H3. The van der Waals surface area contributed by atoms with Crippen molar-refractivity contribution in [1.29, 1.82) is 5.41 Å². The van der Waals surface area contributed by atoms with Crippen LogP contribution >= 0.6 is 0 Å². The highest BCUT2D eigenvalue weighted by molar-refractivity contribution is 5.89. The molecule has 0 aliphatic carbocycles. The molecule has 1 radical (unpaired) electrons. The van der Waals surface area contributed by atoms with E-state index in [9.17, 15) is 4.79 Å². The molecule has 1 heterocycles. The molecule has 0 bridgehead atoms. The number of amides is 1. The van der Waals surface area contributed by atoms with Gasteiger partial charge in [-0.1, -0.05) is 0 Å². The predicted octanol–water partition coefficient (Wildman–Crippen LogP) is -0.428. The van der Waals surface area contributed by atoms with Gasteiger partial charge in [-0.2, -0.15) is 0 Å². The van der Waals surface area contributed by atoms with Crippen LogP contribution in [0.15, 0.2) is 0 Å². The molecule has 11 heavy (non-hydrogen) atoms. The van der Waals surface area contributed by atoms with Gasteiger partial charge in [0.1, 0.15) is 0 Å². The Labute approximate surface area is 66.3 Å². The van der Waals surface area contributed by atoms with Gasteiger partial charge in [-0.15, -0.1) is 0 Å². The zero-order valence-corrected chi connectivity index (χ0v) is 6.63. The predicted molar refractivity (Wildman–Crippen MR) is 42.3 cm³/mol. The summed E-state index contributed by atoms with van der Waals surface area (Å²) in [5, 5.41) is 7.19. The van der Waals surface area contributed by atoms with E-state index in [1.807, 2.05) is 0 Å². The van der Waals surface area contributed by atoms with E-state index in [4.69, 9.17) is 5.41 Å². The summed E-state index contributed by atoms with van der Waals surface area (Å²) in [6.07, 6.45) is 0. The highest BCUT2D eigenvalue weighted by atomic mass is 16.2. The van der Waals surface area contributed by atoms with Crippen molar-refractivity contribution in [3.63, 3.8) is 0 Å². The fraction of sp³-hybridized carbons (Fsp3) is 0.571. The minimum absolute atomic E-state index is 0.0599. The Bertz CT molecular complexity index is 190. The Kier molecular flexibility index (Phi) is 2.12. The van der Waals surface area contributed by atoms with Crippen LogP contribution in [-0.2, 0) is 4.79 Å². The Morgan fingerprint density at radius 2 is 2.27 bits per heavy atom. The summed E-state index contributed by atoms with van der Waals surface area (Å²) < 4.78 is 0. The quantitative estimate of drug-likeness (QED) is 0.380. The van der Waals surface area contributed by atoms with Crippen LogP contribution < -0.4 is 0 Å². The first-order valence-electron chi connectivity index (χ1n) is 3.50. The Hall–Kier alpha value is -1.06. The van der Waals surface area contributed by atoms with E-state index < -0.39 is 0 Å². The lowest BCUT2D eigenvalue weighted by Crippen LogP contribution is -2.49. The van der Waals surface area contributed by atoms with Crippen LogP contribution in [0.25, 0.3) is 0 Å². The van der Waals surface area contributed by atoms with E-state index in [1.165, 1.54) is 0 Å². The highest BCUT2D eigenvalue weighted by Gasteiger charge is 2.20. The van der Waals surface area contributed by atoms with Crippen LogP contribution in [0.2, 0.25) is 0 Å². The fourth-order valence-electron chi connectivity index (χ4n) is 0.989. The third kappa shape index (κ3) is 1.69. The summed E-state index contributed by atoms with van der Waals surface area (Å²) in [5.41, 5.74) is 0. The number of rotatable bonds is 0. The molecule has 61 valence electrons. The maximum atomic E-state index is 11.1. The molecule has 4 heteroatoms. The first-order chi connectivity index (χ1) is 5.11. The normalized spacial score (nSPS) is 18.9. The smallest absolute Gasteiger partial charge is 0.241 e. The minimum Gasteiger partial charge on any atom is -0.349 e. The summed E-state index contributed by atoms with van der Waals surface area (Å²) in [6.45, 7) is 5.18. The lowest BCUT2D eigenvalue weighted by molar-refractivity contribution is -0.132. The SMILES string of the molecule is [CH2]C(=N)N1CCN(C)C(=O)C1. The summed E-state index contributed by atoms with van der Waals surface area (Å²) in [7, 11) is 1.77. The molecule has 0 saturated carbocycles. The first kappa shape index (κ1) is 8.04. The molecule has 1 rings (SSSR count). The summed E-state index contributed by atoms with van der Waals surface area (Å²) in [5.74, 6) is 0.288. The second-order valence-electron chi connectivity index (χ2n) is 2.68. The lowest BCUT2D eigenvalue weighted by Gasteiger charge is -2.32. The Morgan fingerprint density at radius 1 is 1.64 bits per heavy atom. The molecule has 1 N–H and O–H groups in total. The van der Waals surface area contributed by atoms with Gasteiger partial charge in [0.2, 0.25) is 5.91 Å². The summed E-state index contributed by atoms with van der Waals surface area (Å²) in [6, 6.07) is 0. The lowest BCUT2D eigenvalue weighted by atomic mass is 10.3. The van der Waals surface area contributed by atoms with Gasteiger partial charge in [-0.25, -0.2) is 0 Å². The molecule has 1 aliphatic heterocycles. The fourth-order valence-corrected chi connectivity index (χ4v) is 0.989. The summed E-state index contributed by atoms with van der Waals surface area (Å²) in [4.78, 5) is 14.4. The average molecular weight is 154 g/mol. The molecule has 0 spiro atoms. The number of carbonyl (C=O) groups is 1. The largest absolute Gasteiger partial charge is 0.349 e. The number of carbonyl (C=O) groups excluding carboxylic acids is 1. The number of piperazine rings is 1. The van der Waals surface area contributed by atoms with Crippen molar-refractivity contribution in [2.75, 3.05) is 26.7 Å². The molecule has 4 nitrogen and oxygen atoms in total. The van der Waals surface area contributed by atoms with Crippen LogP contribution in [0.3, 0.4) is 0 Å². The van der Waals surface area contributed by atoms with Gasteiger partial charge in [0, 0.05) is 27.1 Å². The second-order valence-corrected chi connectivity index (χ2v) is 2.68. The number of hydrogen-bond donors (Lipinski definition) is 1. The van der Waals surface area contributed by atoms with E-state index in [1.54, 1.807) is 16.8 Å². The third-order valence-corrected chi connectivity index (χ3v) is 1.84. The topological polar surface area (TPSA) is 47.4 Å². The van der Waals surface area contributed by atoms with Crippen molar-refractivity contribution < 1.29 is 4.79 Å². The van der Waals surface area contributed by atoms with Gasteiger partial charge >= 0.3 is 0 Å². The number of nitrogens with zero attached hydrogens (tertiary/aromatic N) is 2. The molecule has 1 saturated heterocycles. The number of nitrogens with one attached hydrogen (secondary N) is 1. The second kappa shape index (κ2) is 2.90. The molecule has 0 aromatic carbocycles. The van der Waals surface area contributed by atoms with Gasteiger partial charge in [-0.05, 0) is 0 Å². The van der Waals surface area contributed by atoms with Crippen molar-refractivity contribution >= 4 is 11.7 Å². The van der Waals surface area contributed by atoms with Gasteiger partial charge in [0.25, 0.3) is 0 Å². The number of likely N-dealkylation sites (N-methyl/N-ethyl adjacent to an activating group) is 1. The van der Waals surface area contributed by atoms with E-state index >= 15 is 0 Å². The third-order valence-electron chi connectivity index (χ3n) is 1.84. The van der Waals surface area contributed by atoms with Crippen molar-refractivity contribution in [2.24, 2.45) is 0 Å². The van der Waals surface area contributed by atoms with Crippen LogP contribution in [0.1, 0.15) is 0 Å². The number of amidine groups is 1. The molecule has 1 amide bonds. The molecule has 0 unspecified atom stereocenters. The van der Waals surface area contributed by atoms with E-state index in [-0.39, 0.29) is 11.7 Å². The average Bonchev–Trinajstić information content (AvgIpc) is 1.94. The van der Waals surface area contributed by atoms with Crippen molar-refractivity contribution in [1.82, 2.24) is 9.80 Å². The Morgan fingerprint density at radius 3 is 2.73 bits per heavy atom. The molecule has 1 fully saturated rings. The highest BCUT2D eigenvalue weighted by Crippen LogP contribution is 2.00. The van der Waals surface area contributed by atoms with Gasteiger partial charge in [0.15, 0.2) is 0 Å². The molecular weight excluding hydrogens is 142 g/mol.